The van der Waals surface area contributed by atoms with Crippen molar-refractivity contribution >= 4 is 22.6 Å². The molecule has 0 aliphatic carbocycles. The van der Waals surface area contributed by atoms with Gasteiger partial charge in [0.25, 0.3) is 0 Å². The van der Waals surface area contributed by atoms with Crippen LogP contribution in [0, 0.1) is 6.92 Å². The summed E-state index contributed by atoms with van der Waals surface area (Å²) >= 11 is 0. The van der Waals surface area contributed by atoms with E-state index in [9.17, 15) is 0 Å². The summed E-state index contributed by atoms with van der Waals surface area (Å²) in [6.45, 7) is 5.22. The molecule has 4 aromatic rings. The largest absolute Gasteiger partial charge is 0.381 e. The van der Waals surface area contributed by atoms with Gasteiger partial charge in [0.2, 0.25) is 5.95 Å². The van der Waals surface area contributed by atoms with Crippen molar-refractivity contribution in [3.8, 4) is 11.1 Å². The van der Waals surface area contributed by atoms with Gasteiger partial charge in [-0.3, -0.25) is 0 Å². The Morgan fingerprint density at radius 2 is 1.75 bits per heavy atom. The van der Waals surface area contributed by atoms with Gasteiger partial charge in [0, 0.05) is 62.0 Å². The van der Waals surface area contributed by atoms with Crippen molar-refractivity contribution in [1.29, 1.82) is 0 Å². The van der Waals surface area contributed by atoms with E-state index >= 15 is 0 Å². The van der Waals surface area contributed by atoms with Gasteiger partial charge in [0.05, 0.1) is 17.2 Å². The minimum atomic E-state index is 0.358. The fraction of sp³-hybridized carbons (Fsp3) is 0.478. The van der Waals surface area contributed by atoms with E-state index in [-0.39, 0.29) is 0 Å². The lowest BCUT2D eigenvalue weighted by molar-refractivity contribution is 0.0701. The molecule has 0 atom stereocenters. The fourth-order valence-electron chi connectivity index (χ4n) is 4.88. The van der Waals surface area contributed by atoms with Gasteiger partial charge in [0.15, 0.2) is 5.65 Å². The predicted octanol–water partition coefficient (Wildman–Crippen LogP) is 3.39. The lowest BCUT2D eigenvalue weighted by Gasteiger charge is -2.25. The summed E-state index contributed by atoms with van der Waals surface area (Å²) in [5, 5.41) is 8.11. The smallest absolute Gasteiger partial charge is 0.241 e. The summed E-state index contributed by atoms with van der Waals surface area (Å²) in [6.07, 6.45) is 9.72. The molecular formula is C23H27N7O2. The summed E-state index contributed by atoms with van der Waals surface area (Å²) in [7, 11) is 0. The zero-order valence-electron chi connectivity index (χ0n) is 18.2. The quantitative estimate of drug-likeness (QED) is 0.527. The normalized spacial score (nSPS) is 18.5. The van der Waals surface area contributed by atoms with E-state index in [4.69, 9.17) is 14.5 Å². The highest BCUT2D eigenvalue weighted by atomic mass is 16.5. The van der Waals surface area contributed by atoms with Crippen molar-refractivity contribution in [3.63, 3.8) is 0 Å². The molecule has 2 fully saturated rings. The molecular weight excluding hydrogens is 406 g/mol. The third-order valence-electron chi connectivity index (χ3n) is 6.56. The van der Waals surface area contributed by atoms with Crippen LogP contribution in [0.15, 0.2) is 30.7 Å². The summed E-state index contributed by atoms with van der Waals surface area (Å²) in [6, 6.07) is 5.03. The first-order valence-electron chi connectivity index (χ1n) is 11.4. The van der Waals surface area contributed by atoms with Crippen LogP contribution in [0.1, 0.15) is 37.5 Å². The van der Waals surface area contributed by atoms with Crippen LogP contribution in [0.2, 0.25) is 0 Å². The Bertz CT molecular complexity index is 1250. The minimum Gasteiger partial charge on any atom is -0.381 e. The highest BCUT2D eigenvalue weighted by Crippen LogP contribution is 2.31. The molecule has 32 heavy (non-hydrogen) atoms. The zero-order valence-corrected chi connectivity index (χ0v) is 18.2. The molecule has 166 valence electrons. The minimum absolute atomic E-state index is 0.358. The molecule has 2 aliphatic heterocycles. The number of aryl methyl sites for hydroxylation is 1. The molecule has 9 heteroatoms. The molecule has 6 heterocycles. The molecule has 0 bridgehead atoms. The first-order valence-corrected chi connectivity index (χ1v) is 11.4. The van der Waals surface area contributed by atoms with Gasteiger partial charge in [-0.2, -0.15) is 0 Å². The fourth-order valence-corrected chi connectivity index (χ4v) is 4.88. The average Bonchev–Trinajstić information content (AvgIpc) is 3.39. The Kier molecular flexibility index (Phi) is 4.99. The third kappa shape index (κ3) is 3.51. The predicted molar refractivity (Wildman–Crippen MR) is 121 cm³/mol. The molecule has 0 spiro atoms. The standard InChI is InChI=1S/C23H27N7O2/c1-15-26-22-20(30(15)18-5-10-32-11-6-18)12-16(13-24-22)19-2-7-29-21(19)14-25-23(28-29)27-17-3-8-31-9-4-17/h2,7,12-14,17-18H,3-6,8-11H2,1H3,(H,27,28). The number of pyridine rings is 1. The number of anilines is 1. The van der Waals surface area contributed by atoms with Crippen LogP contribution in [0.3, 0.4) is 0 Å². The molecule has 2 saturated heterocycles. The molecule has 0 saturated carbocycles. The molecule has 0 radical (unpaired) electrons. The van der Waals surface area contributed by atoms with E-state index in [2.05, 4.69) is 44.0 Å². The first-order chi connectivity index (χ1) is 15.8. The van der Waals surface area contributed by atoms with Crippen molar-refractivity contribution in [2.24, 2.45) is 0 Å². The van der Waals surface area contributed by atoms with E-state index in [1.165, 1.54) is 0 Å². The van der Waals surface area contributed by atoms with Crippen molar-refractivity contribution < 1.29 is 9.47 Å². The lowest BCUT2D eigenvalue weighted by Crippen LogP contribution is -2.28. The average molecular weight is 434 g/mol. The second-order valence-electron chi connectivity index (χ2n) is 8.61. The van der Waals surface area contributed by atoms with Crippen LogP contribution < -0.4 is 5.32 Å². The maximum Gasteiger partial charge on any atom is 0.241 e. The van der Waals surface area contributed by atoms with E-state index < -0.39 is 0 Å². The number of nitrogens with one attached hydrogen (secondary N) is 1. The van der Waals surface area contributed by atoms with E-state index in [0.717, 1.165) is 85.7 Å². The van der Waals surface area contributed by atoms with Gasteiger partial charge < -0.3 is 19.4 Å². The van der Waals surface area contributed by atoms with Gasteiger partial charge in [-0.25, -0.2) is 19.5 Å². The molecule has 4 aromatic heterocycles. The van der Waals surface area contributed by atoms with Crippen molar-refractivity contribution in [1.82, 2.24) is 29.1 Å². The number of imidazole rings is 1. The topological polar surface area (TPSA) is 91.4 Å². The Morgan fingerprint density at radius 3 is 2.56 bits per heavy atom. The summed E-state index contributed by atoms with van der Waals surface area (Å²) in [5.74, 6) is 1.65. The van der Waals surface area contributed by atoms with Crippen molar-refractivity contribution in [2.75, 3.05) is 31.7 Å². The zero-order chi connectivity index (χ0) is 21.5. The van der Waals surface area contributed by atoms with Gasteiger partial charge in [0.1, 0.15) is 5.82 Å². The Hall–Kier alpha value is -3.04. The van der Waals surface area contributed by atoms with E-state index in [1.807, 2.05) is 23.1 Å². The van der Waals surface area contributed by atoms with Gasteiger partial charge in [-0.05, 0) is 44.7 Å². The Balaban J connectivity index is 1.34. The molecule has 0 amide bonds. The second-order valence-corrected chi connectivity index (χ2v) is 8.61. The molecule has 1 N–H and O–H groups in total. The summed E-state index contributed by atoms with van der Waals surface area (Å²) in [4.78, 5) is 14.0. The Labute approximate surface area is 185 Å². The van der Waals surface area contributed by atoms with Gasteiger partial charge in [-0.15, -0.1) is 5.10 Å². The number of rotatable bonds is 4. The molecule has 0 aromatic carbocycles. The number of ether oxygens (including phenoxy) is 2. The van der Waals surface area contributed by atoms with Crippen molar-refractivity contribution in [2.45, 2.75) is 44.7 Å². The van der Waals surface area contributed by atoms with Gasteiger partial charge in [-0.1, -0.05) is 0 Å². The third-order valence-corrected chi connectivity index (χ3v) is 6.56. The van der Waals surface area contributed by atoms with Crippen LogP contribution >= 0.6 is 0 Å². The van der Waals surface area contributed by atoms with Crippen LogP contribution in [-0.2, 0) is 9.47 Å². The maximum atomic E-state index is 5.56. The summed E-state index contributed by atoms with van der Waals surface area (Å²) in [5.41, 5.74) is 4.93. The molecule has 2 aliphatic rings. The second kappa shape index (κ2) is 8.14. The van der Waals surface area contributed by atoms with Crippen LogP contribution in [0.5, 0.6) is 0 Å². The first kappa shape index (κ1) is 19.6. The van der Waals surface area contributed by atoms with E-state index in [1.54, 1.807) is 0 Å². The number of hydrogen-bond acceptors (Lipinski definition) is 7. The number of aromatic nitrogens is 6. The SMILES string of the molecule is Cc1nc2ncc(-c3ccn4nc(NC5CCOCC5)ncc34)cc2n1C1CCOCC1. The maximum absolute atomic E-state index is 5.56. The van der Waals surface area contributed by atoms with Crippen LogP contribution in [0.25, 0.3) is 27.8 Å². The lowest BCUT2D eigenvalue weighted by atomic mass is 10.1. The van der Waals surface area contributed by atoms with Crippen LogP contribution in [0.4, 0.5) is 5.95 Å². The molecule has 0 unspecified atom stereocenters. The molecule has 6 rings (SSSR count). The number of fused-ring (bicyclic) bond motifs is 2. The van der Waals surface area contributed by atoms with E-state index in [0.29, 0.717) is 18.0 Å². The highest BCUT2D eigenvalue weighted by molar-refractivity contribution is 5.85. The Morgan fingerprint density at radius 1 is 0.969 bits per heavy atom. The van der Waals surface area contributed by atoms with Crippen LogP contribution in [-0.4, -0.2) is 61.6 Å². The molecule has 9 nitrogen and oxygen atoms in total. The number of hydrogen-bond donors (Lipinski definition) is 1. The van der Waals surface area contributed by atoms with Crippen molar-refractivity contribution in [3.05, 3.63) is 36.5 Å². The monoisotopic (exact) mass is 433 g/mol. The van der Waals surface area contributed by atoms with Gasteiger partial charge >= 0.3 is 0 Å². The summed E-state index contributed by atoms with van der Waals surface area (Å²) < 4.78 is 15.2. The highest BCUT2D eigenvalue weighted by Gasteiger charge is 2.21. The number of nitrogens with zero attached hydrogens (tertiary/aromatic N) is 6.